The van der Waals surface area contributed by atoms with Crippen LogP contribution in [0.4, 0.5) is 8.78 Å². The van der Waals surface area contributed by atoms with Crippen LogP contribution in [0.1, 0.15) is 22.3 Å². The molecule has 1 aromatic rings. The van der Waals surface area contributed by atoms with Gasteiger partial charge in [-0.05, 0) is 15.9 Å². The van der Waals surface area contributed by atoms with Crippen LogP contribution in [0.5, 0.6) is 5.75 Å². The molecule has 0 atom stereocenters. The number of aromatic hydroxyl groups is 1. The second-order valence-electron chi connectivity index (χ2n) is 2.52. The van der Waals surface area contributed by atoms with E-state index in [0.29, 0.717) is 0 Å². The maximum Gasteiger partial charge on any atom is 0.340 e. The Morgan fingerprint density at radius 2 is 2.27 bits per heavy atom. The number of nitrogens with zero attached hydrogens (tertiary/aromatic N) is 1. The molecule has 0 spiro atoms. The predicted octanol–water partition coefficient (Wildman–Crippen LogP) is 2.27. The Morgan fingerprint density at radius 3 is 2.73 bits per heavy atom. The summed E-state index contributed by atoms with van der Waals surface area (Å²) < 4.78 is 29.2. The molecule has 1 rings (SSSR count). The van der Waals surface area contributed by atoms with Crippen LogP contribution in [0.15, 0.2) is 10.8 Å². The van der Waals surface area contributed by atoms with Crippen LogP contribution in [0, 0.1) is 0 Å². The summed E-state index contributed by atoms with van der Waals surface area (Å²) in [6.07, 6.45) is -2.07. The summed E-state index contributed by atoms with van der Waals surface area (Å²) in [6.45, 7) is 0. The third kappa shape index (κ3) is 2.23. The number of ether oxygens (including phenoxy) is 1. The molecule has 1 heterocycles. The average Bonchev–Trinajstić information content (AvgIpc) is 2.20. The number of hydrogen-bond donors (Lipinski definition) is 1. The van der Waals surface area contributed by atoms with Gasteiger partial charge in [-0.2, -0.15) is 0 Å². The number of rotatable bonds is 2. The second-order valence-corrected chi connectivity index (χ2v) is 3.27. The van der Waals surface area contributed by atoms with Gasteiger partial charge in [-0.3, -0.25) is 0 Å². The van der Waals surface area contributed by atoms with E-state index in [1.807, 2.05) is 0 Å². The molecule has 0 fully saturated rings. The summed E-state index contributed by atoms with van der Waals surface area (Å²) in [6, 6.07) is 0. The fourth-order valence-electron chi connectivity index (χ4n) is 0.984. The quantitative estimate of drug-likeness (QED) is 0.667. The van der Waals surface area contributed by atoms with Gasteiger partial charge in [-0.25, -0.2) is 18.6 Å². The Balaban J connectivity index is 3.40. The molecule has 0 unspecified atom stereocenters. The fraction of sp³-hybridized carbons (Fsp3) is 0.250. The highest BCUT2D eigenvalue weighted by molar-refractivity contribution is 9.10. The van der Waals surface area contributed by atoms with Gasteiger partial charge < -0.3 is 9.84 Å². The molecule has 15 heavy (non-hydrogen) atoms. The minimum atomic E-state index is -2.99. The van der Waals surface area contributed by atoms with Gasteiger partial charge in [0.1, 0.15) is 4.60 Å². The Hall–Kier alpha value is -1.24. The number of methoxy groups -OCH3 is 1. The summed E-state index contributed by atoms with van der Waals surface area (Å²) in [5.74, 6) is -1.73. The predicted molar refractivity (Wildman–Crippen MR) is 49.9 cm³/mol. The number of halogens is 3. The Kier molecular flexibility index (Phi) is 3.57. The van der Waals surface area contributed by atoms with Crippen LogP contribution in [0.3, 0.4) is 0 Å². The lowest BCUT2D eigenvalue weighted by molar-refractivity contribution is 0.0587. The van der Waals surface area contributed by atoms with Gasteiger partial charge in [0.15, 0.2) is 5.75 Å². The van der Waals surface area contributed by atoms with E-state index in [0.717, 1.165) is 13.3 Å². The highest BCUT2D eigenvalue weighted by atomic mass is 79.9. The Labute approximate surface area is 92.0 Å². The van der Waals surface area contributed by atoms with E-state index in [1.54, 1.807) is 0 Å². The topological polar surface area (TPSA) is 59.4 Å². The summed E-state index contributed by atoms with van der Waals surface area (Å²) in [7, 11) is 1.05. The number of hydrogen-bond acceptors (Lipinski definition) is 4. The first kappa shape index (κ1) is 11.8. The summed E-state index contributed by atoms with van der Waals surface area (Å²) in [5.41, 5.74) is -1.24. The van der Waals surface area contributed by atoms with Gasteiger partial charge in [0, 0.05) is 6.20 Å². The van der Waals surface area contributed by atoms with E-state index in [9.17, 15) is 18.7 Å². The third-order valence-electron chi connectivity index (χ3n) is 1.67. The maximum atomic E-state index is 12.5. The van der Waals surface area contributed by atoms with Crippen LogP contribution in [0.2, 0.25) is 0 Å². The third-order valence-corrected chi connectivity index (χ3v) is 2.25. The lowest BCUT2D eigenvalue weighted by Crippen LogP contribution is -2.07. The standard InChI is InChI=1S/C8H6BrF2NO3/c1-15-8(14)3-2-12-6(9)5(13)4(3)7(10)11/h2,7,13H,1H3. The van der Waals surface area contributed by atoms with E-state index in [-0.39, 0.29) is 4.60 Å². The van der Waals surface area contributed by atoms with Crippen molar-refractivity contribution in [3.8, 4) is 5.75 Å². The molecule has 7 heteroatoms. The maximum absolute atomic E-state index is 12.5. The van der Waals surface area contributed by atoms with Crippen LogP contribution < -0.4 is 0 Å². The molecular formula is C8H6BrF2NO3. The summed E-state index contributed by atoms with van der Waals surface area (Å²) in [5, 5.41) is 9.30. The van der Waals surface area contributed by atoms with Crippen molar-refractivity contribution in [2.45, 2.75) is 6.43 Å². The second kappa shape index (κ2) is 4.52. The van der Waals surface area contributed by atoms with Gasteiger partial charge >= 0.3 is 5.97 Å². The lowest BCUT2D eigenvalue weighted by atomic mass is 10.1. The van der Waals surface area contributed by atoms with Crippen LogP contribution in [0.25, 0.3) is 0 Å². The molecule has 0 saturated heterocycles. The fourth-order valence-corrected chi connectivity index (χ4v) is 1.30. The van der Waals surface area contributed by atoms with Crippen molar-refractivity contribution in [1.29, 1.82) is 0 Å². The molecule has 4 nitrogen and oxygen atoms in total. The number of alkyl halides is 2. The van der Waals surface area contributed by atoms with Crippen molar-refractivity contribution in [2.75, 3.05) is 7.11 Å². The minimum Gasteiger partial charge on any atom is -0.505 e. The number of pyridine rings is 1. The zero-order chi connectivity index (χ0) is 11.6. The highest BCUT2D eigenvalue weighted by Gasteiger charge is 2.25. The van der Waals surface area contributed by atoms with Crippen LogP contribution in [-0.2, 0) is 4.74 Å². The van der Waals surface area contributed by atoms with Crippen molar-refractivity contribution in [2.24, 2.45) is 0 Å². The average molecular weight is 282 g/mol. The molecule has 0 amide bonds. The minimum absolute atomic E-state index is 0.148. The number of aromatic nitrogens is 1. The van der Waals surface area contributed by atoms with Crippen LogP contribution >= 0.6 is 15.9 Å². The lowest BCUT2D eigenvalue weighted by Gasteiger charge is -2.09. The molecule has 0 saturated carbocycles. The van der Waals surface area contributed by atoms with Crippen molar-refractivity contribution in [3.05, 3.63) is 21.9 Å². The molecule has 0 aromatic carbocycles. The molecule has 0 aliphatic heterocycles. The molecule has 1 N–H and O–H groups in total. The molecule has 0 aliphatic rings. The first-order valence-corrected chi connectivity index (χ1v) is 4.52. The Morgan fingerprint density at radius 1 is 1.67 bits per heavy atom. The summed E-state index contributed by atoms with van der Waals surface area (Å²) >= 11 is 2.77. The molecular weight excluding hydrogens is 276 g/mol. The van der Waals surface area contributed by atoms with Crippen molar-refractivity contribution >= 4 is 21.9 Å². The van der Waals surface area contributed by atoms with Gasteiger partial charge in [0.25, 0.3) is 6.43 Å². The van der Waals surface area contributed by atoms with Crippen molar-refractivity contribution in [3.63, 3.8) is 0 Å². The number of carbonyl (C=O) groups is 1. The van der Waals surface area contributed by atoms with E-state index < -0.39 is 29.3 Å². The van der Waals surface area contributed by atoms with Gasteiger partial charge in [0.2, 0.25) is 0 Å². The van der Waals surface area contributed by atoms with E-state index in [4.69, 9.17) is 0 Å². The normalized spacial score (nSPS) is 10.5. The zero-order valence-corrected chi connectivity index (χ0v) is 9.09. The Bertz CT molecular complexity index is 398. The van der Waals surface area contributed by atoms with Crippen molar-refractivity contribution in [1.82, 2.24) is 4.98 Å². The number of carbonyl (C=O) groups excluding carboxylic acids is 1. The van der Waals surface area contributed by atoms with E-state index >= 15 is 0 Å². The molecule has 82 valence electrons. The zero-order valence-electron chi connectivity index (χ0n) is 7.50. The van der Waals surface area contributed by atoms with Gasteiger partial charge in [-0.1, -0.05) is 0 Å². The molecule has 0 radical (unpaired) electrons. The molecule has 0 aliphatic carbocycles. The highest BCUT2D eigenvalue weighted by Crippen LogP contribution is 2.35. The number of esters is 1. The molecule has 0 bridgehead atoms. The first-order chi connectivity index (χ1) is 6.99. The largest absolute Gasteiger partial charge is 0.505 e. The van der Waals surface area contributed by atoms with Crippen molar-refractivity contribution < 1.29 is 23.4 Å². The van der Waals surface area contributed by atoms with Crippen LogP contribution in [-0.4, -0.2) is 23.2 Å². The first-order valence-electron chi connectivity index (χ1n) is 3.72. The van der Waals surface area contributed by atoms with E-state index in [1.165, 1.54) is 0 Å². The smallest absolute Gasteiger partial charge is 0.340 e. The van der Waals surface area contributed by atoms with Gasteiger partial charge in [0.05, 0.1) is 18.2 Å². The summed E-state index contributed by atoms with van der Waals surface area (Å²) in [4.78, 5) is 14.6. The monoisotopic (exact) mass is 281 g/mol. The van der Waals surface area contributed by atoms with Gasteiger partial charge in [-0.15, -0.1) is 0 Å². The van der Waals surface area contributed by atoms with E-state index in [2.05, 4.69) is 25.7 Å². The molecule has 1 aromatic heterocycles. The SMILES string of the molecule is COC(=O)c1cnc(Br)c(O)c1C(F)F.